The predicted molar refractivity (Wildman–Crippen MR) is 45.0 cm³/mol. The first-order chi connectivity index (χ1) is 4.86. The van der Waals surface area contributed by atoms with Gasteiger partial charge in [-0.25, -0.2) is 0 Å². The molecule has 0 saturated carbocycles. The molecule has 0 aliphatic carbocycles. The summed E-state index contributed by atoms with van der Waals surface area (Å²) in [5, 5.41) is 0. The van der Waals surface area contributed by atoms with Gasteiger partial charge in [-0.15, -0.1) is 6.58 Å². The van der Waals surface area contributed by atoms with Gasteiger partial charge in [0.15, 0.2) is 0 Å². The first-order valence-corrected chi connectivity index (χ1v) is 4.21. The van der Waals surface area contributed by atoms with Crippen molar-refractivity contribution in [3.63, 3.8) is 0 Å². The minimum absolute atomic E-state index is 0.770. The molecule has 1 atom stereocenters. The average molecular weight is 139 g/mol. The summed E-state index contributed by atoms with van der Waals surface area (Å²) in [7, 11) is 0. The van der Waals surface area contributed by atoms with Crippen LogP contribution in [-0.4, -0.2) is 24.5 Å². The minimum atomic E-state index is 0.770. The van der Waals surface area contributed by atoms with Crippen molar-refractivity contribution in [1.82, 2.24) is 4.90 Å². The van der Waals surface area contributed by atoms with E-state index in [0.717, 1.165) is 5.92 Å². The van der Waals surface area contributed by atoms with Gasteiger partial charge < -0.3 is 4.90 Å². The van der Waals surface area contributed by atoms with E-state index in [0.29, 0.717) is 0 Å². The Hall–Kier alpha value is -0.300. The Morgan fingerprint density at radius 2 is 2.50 bits per heavy atom. The molecule has 1 heterocycles. The van der Waals surface area contributed by atoms with Crippen molar-refractivity contribution in [1.29, 1.82) is 0 Å². The van der Waals surface area contributed by atoms with Gasteiger partial charge in [0.25, 0.3) is 0 Å². The largest absolute Gasteiger partial charge is 0.303 e. The molecular weight excluding hydrogens is 122 g/mol. The summed E-state index contributed by atoms with van der Waals surface area (Å²) in [5.41, 5.74) is 0. The molecule has 1 fully saturated rings. The molecule has 0 aromatic rings. The fourth-order valence-electron chi connectivity index (χ4n) is 1.57. The maximum atomic E-state index is 3.81. The van der Waals surface area contributed by atoms with Gasteiger partial charge in [-0.05, 0) is 31.8 Å². The van der Waals surface area contributed by atoms with Crippen LogP contribution in [0.25, 0.3) is 0 Å². The van der Waals surface area contributed by atoms with Crippen LogP contribution in [-0.2, 0) is 0 Å². The molecule has 0 radical (unpaired) electrons. The van der Waals surface area contributed by atoms with Crippen LogP contribution in [0.15, 0.2) is 12.7 Å². The van der Waals surface area contributed by atoms with E-state index in [1.807, 2.05) is 0 Å². The minimum Gasteiger partial charge on any atom is -0.303 e. The van der Waals surface area contributed by atoms with E-state index >= 15 is 0 Å². The van der Waals surface area contributed by atoms with Crippen LogP contribution in [0.3, 0.4) is 0 Å². The van der Waals surface area contributed by atoms with Crippen molar-refractivity contribution < 1.29 is 0 Å². The third-order valence-corrected chi connectivity index (χ3v) is 2.18. The zero-order chi connectivity index (χ0) is 7.40. The van der Waals surface area contributed by atoms with Gasteiger partial charge in [0.1, 0.15) is 0 Å². The van der Waals surface area contributed by atoms with E-state index in [-0.39, 0.29) is 0 Å². The second-order valence-corrected chi connectivity index (χ2v) is 3.09. The van der Waals surface area contributed by atoms with Gasteiger partial charge in [0.2, 0.25) is 0 Å². The Kier molecular flexibility index (Phi) is 2.94. The second kappa shape index (κ2) is 3.77. The highest BCUT2D eigenvalue weighted by molar-refractivity contribution is 4.87. The van der Waals surface area contributed by atoms with Crippen LogP contribution in [0.2, 0.25) is 0 Å². The molecular formula is C9H17N. The summed E-state index contributed by atoms with van der Waals surface area (Å²) >= 11 is 0. The molecule has 0 N–H and O–H groups in total. The Morgan fingerprint density at radius 3 is 3.00 bits per heavy atom. The van der Waals surface area contributed by atoms with Gasteiger partial charge >= 0.3 is 0 Å². The van der Waals surface area contributed by atoms with Crippen molar-refractivity contribution in [2.24, 2.45) is 5.92 Å². The van der Waals surface area contributed by atoms with Crippen molar-refractivity contribution in [2.45, 2.75) is 19.8 Å². The van der Waals surface area contributed by atoms with Crippen LogP contribution < -0.4 is 0 Å². The Morgan fingerprint density at radius 1 is 1.70 bits per heavy atom. The molecule has 10 heavy (non-hydrogen) atoms. The van der Waals surface area contributed by atoms with Crippen LogP contribution in [0.1, 0.15) is 19.8 Å². The van der Waals surface area contributed by atoms with Gasteiger partial charge in [0, 0.05) is 6.54 Å². The normalized spacial score (nSPS) is 27.1. The summed E-state index contributed by atoms with van der Waals surface area (Å²) in [5.74, 6) is 0.770. The third-order valence-electron chi connectivity index (χ3n) is 2.18. The molecule has 1 unspecified atom stereocenters. The fraction of sp³-hybridized carbons (Fsp3) is 0.778. The summed E-state index contributed by atoms with van der Waals surface area (Å²) in [4.78, 5) is 2.52. The first-order valence-electron chi connectivity index (χ1n) is 4.21. The summed E-state index contributed by atoms with van der Waals surface area (Å²) < 4.78 is 0. The van der Waals surface area contributed by atoms with E-state index in [2.05, 4.69) is 24.5 Å². The lowest BCUT2D eigenvalue weighted by Crippen LogP contribution is -2.20. The van der Waals surface area contributed by atoms with Gasteiger partial charge in [-0.3, -0.25) is 0 Å². The quantitative estimate of drug-likeness (QED) is 0.540. The summed E-state index contributed by atoms with van der Waals surface area (Å²) in [6.45, 7) is 9.85. The molecule has 58 valence electrons. The molecule has 1 aliphatic rings. The third kappa shape index (κ3) is 1.84. The molecule has 1 aliphatic heterocycles. The van der Waals surface area contributed by atoms with Crippen molar-refractivity contribution in [3.8, 4) is 0 Å². The van der Waals surface area contributed by atoms with E-state index in [1.165, 1.54) is 32.5 Å². The van der Waals surface area contributed by atoms with Crippen molar-refractivity contribution in [3.05, 3.63) is 12.7 Å². The number of hydrogen-bond donors (Lipinski definition) is 0. The number of hydrogen-bond acceptors (Lipinski definition) is 1. The molecule has 0 spiro atoms. The number of rotatable bonds is 3. The lowest BCUT2D eigenvalue weighted by molar-refractivity contribution is 0.332. The molecule has 1 rings (SSSR count). The molecule has 0 amide bonds. The highest BCUT2D eigenvalue weighted by Gasteiger charge is 2.18. The van der Waals surface area contributed by atoms with E-state index in [9.17, 15) is 0 Å². The zero-order valence-corrected chi connectivity index (χ0v) is 6.84. The van der Waals surface area contributed by atoms with E-state index in [1.54, 1.807) is 0 Å². The monoisotopic (exact) mass is 139 g/mol. The summed E-state index contributed by atoms with van der Waals surface area (Å²) in [6, 6.07) is 0. The van der Waals surface area contributed by atoms with Crippen LogP contribution >= 0.6 is 0 Å². The number of nitrogens with zero attached hydrogens (tertiary/aromatic N) is 1. The van der Waals surface area contributed by atoms with Crippen molar-refractivity contribution in [2.75, 3.05) is 19.6 Å². The number of likely N-dealkylation sites (tertiary alicyclic amines) is 1. The standard InChI is InChI=1S/C9H17N/c1-3-6-10-7-5-9(4-2)8-10/h4,9H,2-3,5-8H2,1H3. The molecule has 1 heteroatoms. The lowest BCUT2D eigenvalue weighted by atomic mass is 10.1. The summed E-state index contributed by atoms with van der Waals surface area (Å²) in [6.07, 6.45) is 4.70. The second-order valence-electron chi connectivity index (χ2n) is 3.09. The molecule has 0 aromatic carbocycles. The predicted octanol–water partition coefficient (Wildman–Crippen LogP) is 1.90. The maximum Gasteiger partial charge on any atom is 0.00447 e. The van der Waals surface area contributed by atoms with E-state index in [4.69, 9.17) is 0 Å². The molecule has 0 aromatic heterocycles. The first kappa shape index (κ1) is 7.80. The van der Waals surface area contributed by atoms with Gasteiger partial charge in [-0.1, -0.05) is 13.0 Å². The highest BCUT2D eigenvalue weighted by Crippen LogP contribution is 2.16. The smallest absolute Gasteiger partial charge is 0.00447 e. The highest BCUT2D eigenvalue weighted by atomic mass is 15.1. The molecule has 0 bridgehead atoms. The SMILES string of the molecule is C=CC1CCN(CCC)C1. The van der Waals surface area contributed by atoms with Crippen LogP contribution in [0, 0.1) is 5.92 Å². The lowest BCUT2D eigenvalue weighted by Gasteiger charge is -2.12. The Balaban J connectivity index is 2.21. The maximum absolute atomic E-state index is 3.81. The molecule has 1 nitrogen and oxygen atoms in total. The fourth-order valence-corrected chi connectivity index (χ4v) is 1.57. The Labute approximate surface area is 63.7 Å². The van der Waals surface area contributed by atoms with E-state index < -0.39 is 0 Å². The Bertz CT molecular complexity index is 109. The topological polar surface area (TPSA) is 3.24 Å². The van der Waals surface area contributed by atoms with Gasteiger partial charge in [0.05, 0.1) is 0 Å². The van der Waals surface area contributed by atoms with Gasteiger partial charge in [-0.2, -0.15) is 0 Å². The average Bonchev–Trinajstić information content (AvgIpc) is 2.37. The molecule has 1 saturated heterocycles. The van der Waals surface area contributed by atoms with Crippen molar-refractivity contribution >= 4 is 0 Å². The van der Waals surface area contributed by atoms with Crippen LogP contribution in [0.4, 0.5) is 0 Å². The zero-order valence-electron chi connectivity index (χ0n) is 6.84. The van der Waals surface area contributed by atoms with Crippen LogP contribution in [0.5, 0.6) is 0 Å².